The van der Waals surface area contributed by atoms with Crippen LogP contribution < -0.4 is 10.1 Å². The molecule has 104 valence electrons. The molecular formula is C15H13Cl2NO2. The van der Waals surface area contributed by atoms with Gasteiger partial charge in [0, 0.05) is 15.7 Å². The molecule has 2 aromatic carbocycles. The van der Waals surface area contributed by atoms with Crippen LogP contribution in [0, 0.1) is 0 Å². The van der Waals surface area contributed by atoms with Crippen LogP contribution in [0.4, 0.5) is 5.69 Å². The molecule has 0 aliphatic carbocycles. The number of nitrogens with one attached hydrogen (secondary N) is 1. The summed E-state index contributed by atoms with van der Waals surface area (Å²) in [6.45, 7) is 1.66. The molecule has 1 atom stereocenters. The van der Waals surface area contributed by atoms with E-state index in [1.165, 1.54) is 0 Å². The topological polar surface area (TPSA) is 38.3 Å². The van der Waals surface area contributed by atoms with Gasteiger partial charge in [0.05, 0.1) is 0 Å². The molecule has 0 aliphatic heterocycles. The average Bonchev–Trinajstić information content (AvgIpc) is 2.38. The van der Waals surface area contributed by atoms with Gasteiger partial charge in [0.25, 0.3) is 5.91 Å². The van der Waals surface area contributed by atoms with Gasteiger partial charge in [-0.3, -0.25) is 4.79 Å². The van der Waals surface area contributed by atoms with Crippen molar-refractivity contribution in [3.63, 3.8) is 0 Å². The summed E-state index contributed by atoms with van der Waals surface area (Å²) in [6.07, 6.45) is -0.662. The molecule has 0 aromatic heterocycles. The Hall–Kier alpha value is -1.71. The Kier molecular flexibility index (Phi) is 4.88. The lowest BCUT2D eigenvalue weighted by Gasteiger charge is -2.15. The van der Waals surface area contributed by atoms with Crippen molar-refractivity contribution in [1.29, 1.82) is 0 Å². The van der Waals surface area contributed by atoms with Crippen molar-refractivity contribution < 1.29 is 9.53 Å². The van der Waals surface area contributed by atoms with Crippen LogP contribution in [0.3, 0.4) is 0 Å². The Morgan fingerprint density at radius 3 is 2.30 bits per heavy atom. The molecule has 0 bridgehead atoms. The number of amides is 1. The van der Waals surface area contributed by atoms with Crippen molar-refractivity contribution >= 4 is 34.8 Å². The predicted molar refractivity (Wildman–Crippen MR) is 81.6 cm³/mol. The number of hydrogen-bond donors (Lipinski definition) is 1. The van der Waals surface area contributed by atoms with Gasteiger partial charge >= 0.3 is 0 Å². The van der Waals surface area contributed by atoms with Crippen molar-refractivity contribution in [2.75, 3.05) is 5.32 Å². The molecule has 0 unspecified atom stereocenters. The third-order valence-electron chi connectivity index (χ3n) is 2.56. The highest BCUT2D eigenvalue weighted by molar-refractivity contribution is 6.34. The SMILES string of the molecule is C[C@@H](Oc1cc(Cl)cc(Cl)c1)C(=O)Nc1ccccc1. The molecule has 0 saturated carbocycles. The first-order chi connectivity index (χ1) is 9.54. The Morgan fingerprint density at radius 2 is 1.70 bits per heavy atom. The van der Waals surface area contributed by atoms with Crippen molar-refractivity contribution in [2.45, 2.75) is 13.0 Å². The molecular weight excluding hydrogens is 297 g/mol. The average molecular weight is 310 g/mol. The second kappa shape index (κ2) is 6.64. The molecule has 0 aliphatic rings. The van der Waals surface area contributed by atoms with Gasteiger partial charge in [-0.05, 0) is 37.3 Å². The fraction of sp³-hybridized carbons (Fsp3) is 0.133. The largest absolute Gasteiger partial charge is 0.481 e. The summed E-state index contributed by atoms with van der Waals surface area (Å²) in [7, 11) is 0. The summed E-state index contributed by atoms with van der Waals surface area (Å²) in [5, 5.41) is 3.68. The number of hydrogen-bond acceptors (Lipinski definition) is 2. The van der Waals surface area contributed by atoms with Crippen LogP contribution in [0.5, 0.6) is 5.75 Å². The maximum Gasteiger partial charge on any atom is 0.265 e. The molecule has 2 rings (SSSR count). The zero-order chi connectivity index (χ0) is 14.5. The van der Waals surface area contributed by atoms with Gasteiger partial charge in [0.1, 0.15) is 5.75 Å². The van der Waals surface area contributed by atoms with E-state index in [1.54, 1.807) is 37.3 Å². The summed E-state index contributed by atoms with van der Waals surface area (Å²) in [5.74, 6) is 0.213. The molecule has 0 fully saturated rings. The van der Waals surface area contributed by atoms with Crippen LogP contribution in [0.1, 0.15) is 6.92 Å². The molecule has 0 saturated heterocycles. The minimum absolute atomic E-state index is 0.243. The first-order valence-electron chi connectivity index (χ1n) is 6.03. The van der Waals surface area contributed by atoms with Crippen LogP contribution in [0.2, 0.25) is 10.0 Å². The van der Waals surface area contributed by atoms with Crippen LogP contribution in [0.25, 0.3) is 0 Å². The number of benzene rings is 2. The quantitative estimate of drug-likeness (QED) is 0.909. The number of rotatable bonds is 4. The number of ether oxygens (including phenoxy) is 1. The number of carbonyl (C=O) groups is 1. The van der Waals surface area contributed by atoms with E-state index >= 15 is 0 Å². The predicted octanol–water partition coefficient (Wildman–Crippen LogP) is 4.40. The van der Waals surface area contributed by atoms with E-state index in [-0.39, 0.29) is 5.91 Å². The number of halogens is 2. The molecule has 0 radical (unpaired) electrons. The normalized spacial score (nSPS) is 11.8. The zero-order valence-corrected chi connectivity index (χ0v) is 12.3. The number of para-hydroxylation sites is 1. The van der Waals surface area contributed by atoms with Crippen LogP contribution >= 0.6 is 23.2 Å². The van der Waals surface area contributed by atoms with Gasteiger partial charge in [0.15, 0.2) is 6.10 Å². The Balaban J connectivity index is 2.00. The van der Waals surface area contributed by atoms with Crippen molar-refractivity contribution in [3.05, 3.63) is 58.6 Å². The van der Waals surface area contributed by atoms with Crippen molar-refractivity contribution in [2.24, 2.45) is 0 Å². The van der Waals surface area contributed by atoms with E-state index in [0.717, 1.165) is 5.69 Å². The van der Waals surface area contributed by atoms with E-state index in [0.29, 0.717) is 15.8 Å². The number of anilines is 1. The molecule has 20 heavy (non-hydrogen) atoms. The minimum atomic E-state index is -0.662. The first kappa shape index (κ1) is 14.7. The lowest BCUT2D eigenvalue weighted by molar-refractivity contribution is -0.122. The molecule has 5 heteroatoms. The second-order valence-electron chi connectivity index (χ2n) is 4.22. The van der Waals surface area contributed by atoms with Crippen LogP contribution in [-0.2, 0) is 4.79 Å². The lowest BCUT2D eigenvalue weighted by atomic mass is 10.3. The fourth-order valence-electron chi connectivity index (χ4n) is 1.62. The molecule has 1 amide bonds. The highest BCUT2D eigenvalue weighted by Crippen LogP contribution is 2.25. The Labute approximate surface area is 127 Å². The summed E-state index contributed by atoms with van der Waals surface area (Å²) in [4.78, 5) is 12.0. The van der Waals surface area contributed by atoms with E-state index in [2.05, 4.69) is 5.32 Å². The van der Waals surface area contributed by atoms with Gasteiger partial charge in [-0.25, -0.2) is 0 Å². The molecule has 1 N–H and O–H groups in total. The Morgan fingerprint density at radius 1 is 1.10 bits per heavy atom. The molecule has 0 heterocycles. The smallest absolute Gasteiger partial charge is 0.265 e. The van der Waals surface area contributed by atoms with E-state index in [4.69, 9.17) is 27.9 Å². The van der Waals surface area contributed by atoms with Crippen LogP contribution in [-0.4, -0.2) is 12.0 Å². The summed E-state index contributed by atoms with van der Waals surface area (Å²) in [6, 6.07) is 14.0. The van der Waals surface area contributed by atoms with Gasteiger partial charge < -0.3 is 10.1 Å². The summed E-state index contributed by atoms with van der Waals surface area (Å²) < 4.78 is 5.53. The van der Waals surface area contributed by atoms with Crippen molar-refractivity contribution in [3.8, 4) is 5.75 Å². The number of carbonyl (C=O) groups excluding carboxylic acids is 1. The second-order valence-corrected chi connectivity index (χ2v) is 5.09. The molecule has 3 nitrogen and oxygen atoms in total. The van der Waals surface area contributed by atoms with E-state index in [1.807, 2.05) is 18.2 Å². The standard InChI is InChI=1S/C15H13Cl2NO2/c1-10(15(19)18-13-5-3-2-4-6-13)20-14-8-11(16)7-12(17)9-14/h2-10H,1H3,(H,18,19)/t10-/m1/s1. The third kappa shape index (κ3) is 4.15. The van der Waals surface area contributed by atoms with E-state index < -0.39 is 6.10 Å². The summed E-state index contributed by atoms with van der Waals surface area (Å²) >= 11 is 11.8. The fourth-order valence-corrected chi connectivity index (χ4v) is 2.13. The summed E-state index contributed by atoms with van der Waals surface area (Å²) in [5.41, 5.74) is 0.720. The molecule has 2 aromatic rings. The monoisotopic (exact) mass is 309 g/mol. The minimum Gasteiger partial charge on any atom is -0.481 e. The Bertz CT molecular complexity index is 582. The van der Waals surface area contributed by atoms with Gasteiger partial charge in [-0.2, -0.15) is 0 Å². The van der Waals surface area contributed by atoms with Gasteiger partial charge in [-0.15, -0.1) is 0 Å². The first-order valence-corrected chi connectivity index (χ1v) is 6.79. The van der Waals surface area contributed by atoms with Crippen LogP contribution in [0.15, 0.2) is 48.5 Å². The highest BCUT2D eigenvalue weighted by atomic mass is 35.5. The van der Waals surface area contributed by atoms with Gasteiger partial charge in [-0.1, -0.05) is 41.4 Å². The van der Waals surface area contributed by atoms with Crippen molar-refractivity contribution in [1.82, 2.24) is 0 Å². The lowest BCUT2D eigenvalue weighted by Crippen LogP contribution is -2.30. The highest BCUT2D eigenvalue weighted by Gasteiger charge is 2.15. The maximum absolute atomic E-state index is 12.0. The zero-order valence-electron chi connectivity index (χ0n) is 10.8. The maximum atomic E-state index is 12.0. The van der Waals surface area contributed by atoms with E-state index in [9.17, 15) is 4.79 Å². The molecule has 0 spiro atoms. The van der Waals surface area contributed by atoms with Gasteiger partial charge in [0.2, 0.25) is 0 Å². The third-order valence-corrected chi connectivity index (χ3v) is 3.00.